The standard InChI is InChI=1S/C24H32F2N6O3/c1-24(2)14-32(16(8-10-25)9-11-26)20-18(31(4)22(24)34)13-28-23(30-20)29-17-7-6-15(21(33)27-3)12-19(17)35-5/h6-7,12-13,16H,8-11,14H2,1-5H3,(H,27,33)(H,28,29,30). The van der Waals surface area contributed by atoms with Crippen molar-refractivity contribution in [2.75, 3.05) is 56.2 Å². The number of ether oxygens (including phenoxy) is 1. The highest BCUT2D eigenvalue weighted by atomic mass is 19.1. The molecule has 35 heavy (non-hydrogen) atoms. The number of fused-ring (bicyclic) bond motifs is 1. The summed E-state index contributed by atoms with van der Waals surface area (Å²) in [7, 11) is 4.66. The molecule has 0 saturated heterocycles. The van der Waals surface area contributed by atoms with E-state index in [9.17, 15) is 18.4 Å². The van der Waals surface area contributed by atoms with Crippen LogP contribution in [0.1, 0.15) is 37.0 Å². The van der Waals surface area contributed by atoms with Gasteiger partial charge in [0.15, 0.2) is 5.82 Å². The molecule has 0 bridgehead atoms. The highest BCUT2D eigenvalue weighted by Crippen LogP contribution is 2.39. The number of alkyl halides is 2. The summed E-state index contributed by atoms with van der Waals surface area (Å²) in [6.07, 6.45) is 1.74. The smallest absolute Gasteiger partial charge is 0.251 e. The fraction of sp³-hybridized carbons (Fsp3) is 0.500. The van der Waals surface area contributed by atoms with Gasteiger partial charge in [0.1, 0.15) is 11.4 Å². The molecule has 0 spiro atoms. The second kappa shape index (κ2) is 10.8. The number of methoxy groups -OCH3 is 1. The first kappa shape index (κ1) is 26.1. The van der Waals surface area contributed by atoms with E-state index in [1.165, 1.54) is 18.2 Å². The quantitative estimate of drug-likeness (QED) is 0.555. The van der Waals surface area contributed by atoms with E-state index in [0.717, 1.165) is 0 Å². The summed E-state index contributed by atoms with van der Waals surface area (Å²) in [5, 5.41) is 5.65. The van der Waals surface area contributed by atoms with Crippen molar-refractivity contribution < 1.29 is 23.1 Å². The maximum absolute atomic E-state index is 13.4. The van der Waals surface area contributed by atoms with Gasteiger partial charge in [0.05, 0.1) is 37.8 Å². The number of amides is 2. The molecule has 1 aromatic carbocycles. The van der Waals surface area contributed by atoms with Crippen LogP contribution in [0.4, 0.5) is 31.9 Å². The van der Waals surface area contributed by atoms with Gasteiger partial charge in [-0.3, -0.25) is 18.4 Å². The van der Waals surface area contributed by atoms with Crippen molar-refractivity contribution in [3.63, 3.8) is 0 Å². The van der Waals surface area contributed by atoms with Gasteiger partial charge in [-0.2, -0.15) is 4.98 Å². The Morgan fingerprint density at radius 2 is 1.94 bits per heavy atom. The number of nitrogens with zero attached hydrogens (tertiary/aromatic N) is 4. The molecule has 2 amide bonds. The molecule has 9 nitrogen and oxygen atoms in total. The summed E-state index contributed by atoms with van der Waals surface area (Å²) < 4.78 is 32.2. The normalized spacial score (nSPS) is 15.0. The molecule has 2 N–H and O–H groups in total. The van der Waals surface area contributed by atoms with Crippen molar-refractivity contribution in [3.05, 3.63) is 30.0 Å². The minimum absolute atomic E-state index is 0.110. The van der Waals surface area contributed by atoms with Gasteiger partial charge >= 0.3 is 0 Å². The number of halogens is 2. The lowest BCUT2D eigenvalue weighted by molar-refractivity contribution is -0.125. The predicted molar refractivity (Wildman–Crippen MR) is 131 cm³/mol. The van der Waals surface area contributed by atoms with E-state index in [1.54, 1.807) is 46.1 Å². The maximum atomic E-state index is 13.4. The van der Waals surface area contributed by atoms with Gasteiger partial charge in [0.2, 0.25) is 11.9 Å². The summed E-state index contributed by atoms with van der Waals surface area (Å²) >= 11 is 0. The molecule has 11 heteroatoms. The number of benzene rings is 1. The average molecular weight is 491 g/mol. The minimum atomic E-state index is -0.813. The molecular weight excluding hydrogens is 458 g/mol. The fourth-order valence-corrected chi connectivity index (χ4v) is 4.22. The third-order valence-corrected chi connectivity index (χ3v) is 6.10. The molecule has 0 saturated carbocycles. The van der Waals surface area contributed by atoms with Crippen LogP contribution in [0, 0.1) is 5.41 Å². The molecular formula is C24H32F2N6O3. The molecule has 3 rings (SSSR count). The molecule has 1 aliphatic rings. The van der Waals surface area contributed by atoms with Crippen molar-refractivity contribution in [2.24, 2.45) is 5.41 Å². The van der Waals surface area contributed by atoms with Crippen LogP contribution in [0.25, 0.3) is 0 Å². The van der Waals surface area contributed by atoms with Crippen LogP contribution in [0.3, 0.4) is 0 Å². The van der Waals surface area contributed by atoms with Gasteiger partial charge in [-0.15, -0.1) is 0 Å². The summed E-state index contributed by atoms with van der Waals surface area (Å²) in [5.41, 5.74) is 0.587. The monoisotopic (exact) mass is 490 g/mol. The lowest BCUT2D eigenvalue weighted by Crippen LogP contribution is -2.46. The summed E-state index contributed by atoms with van der Waals surface area (Å²) in [4.78, 5) is 37.4. The van der Waals surface area contributed by atoms with Gasteiger partial charge in [0.25, 0.3) is 5.91 Å². The third kappa shape index (κ3) is 5.44. The SMILES string of the molecule is CNC(=O)c1ccc(Nc2ncc3c(n2)N(C(CCF)CCF)CC(C)(C)C(=O)N3C)c(OC)c1. The first-order valence-corrected chi connectivity index (χ1v) is 11.4. The van der Waals surface area contributed by atoms with E-state index in [1.807, 2.05) is 4.90 Å². The predicted octanol–water partition coefficient (Wildman–Crippen LogP) is 3.49. The lowest BCUT2D eigenvalue weighted by atomic mass is 9.90. The molecule has 0 atom stereocenters. The number of hydrogen-bond donors (Lipinski definition) is 2. The number of anilines is 4. The van der Waals surface area contributed by atoms with Crippen molar-refractivity contribution in [2.45, 2.75) is 32.7 Å². The van der Waals surface area contributed by atoms with Gasteiger partial charge in [-0.25, -0.2) is 4.98 Å². The van der Waals surface area contributed by atoms with Crippen LogP contribution in [-0.4, -0.2) is 68.9 Å². The van der Waals surface area contributed by atoms with E-state index < -0.39 is 24.8 Å². The number of carbonyl (C=O) groups excluding carboxylic acids is 2. The Kier molecular flexibility index (Phi) is 8.08. The van der Waals surface area contributed by atoms with Crippen LogP contribution >= 0.6 is 0 Å². The molecule has 0 radical (unpaired) electrons. The van der Waals surface area contributed by atoms with Gasteiger partial charge < -0.3 is 25.2 Å². The Balaban J connectivity index is 2.06. The second-order valence-corrected chi connectivity index (χ2v) is 9.01. The summed E-state index contributed by atoms with van der Waals surface area (Å²) in [6.45, 7) is 2.61. The van der Waals surface area contributed by atoms with Crippen molar-refractivity contribution in [3.8, 4) is 5.75 Å². The molecule has 0 aliphatic carbocycles. The van der Waals surface area contributed by atoms with E-state index in [0.29, 0.717) is 28.5 Å². The summed E-state index contributed by atoms with van der Waals surface area (Å²) in [5.74, 6) is 0.629. The zero-order valence-corrected chi connectivity index (χ0v) is 20.7. The number of carbonyl (C=O) groups is 2. The average Bonchev–Trinajstić information content (AvgIpc) is 2.92. The highest BCUT2D eigenvalue weighted by Gasteiger charge is 2.41. The molecule has 190 valence electrons. The van der Waals surface area contributed by atoms with Crippen molar-refractivity contribution >= 4 is 35.0 Å². The maximum Gasteiger partial charge on any atom is 0.251 e. The zero-order valence-electron chi connectivity index (χ0n) is 20.7. The minimum Gasteiger partial charge on any atom is -0.495 e. The van der Waals surface area contributed by atoms with Crippen LogP contribution in [0.5, 0.6) is 5.75 Å². The molecule has 2 heterocycles. The number of aromatic nitrogens is 2. The molecule has 0 unspecified atom stereocenters. The Bertz CT molecular complexity index is 1080. The number of rotatable bonds is 9. The number of nitrogens with one attached hydrogen (secondary N) is 2. The lowest BCUT2D eigenvalue weighted by Gasteiger charge is -2.35. The van der Waals surface area contributed by atoms with Crippen molar-refractivity contribution in [1.29, 1.82) is 0 Å². The van der Waals surface area contributed by atoms with E-state index in [2.05, 4.69) is 20.6 Å². The largest absolute Gasteiger partial charge is 0.495 e. The Hall–Kier alpha value is -3.50. The van der Waals surface area contributed by atoms with Gasteiger partial charge in [-0.05, 0) is 44.9 Å². The first-order chi connectivity index (χ1) is 16.7. The van der Waals surface area contributed by atoms with E-state index >= 15 is 0 Å². The molecule has 1 aromatic heterocycles. The summed E-state index contributed by atoms with van der Waals surface area (Å²) in [6, 6.07) is 4.41. The Labute approximate surface area is 203 Å². The molecule has 2 aromatic rings. The van der Waals surface area contributed by atoms with Gasteiger partial charge in [-0.1, -0.05) is 0 Å². The highest BCUT2D eigenvalue weighted by molar-refractivity contribution is 6.01. The topological polar surface area (TPSA) is 99.7 Å². The molecule has 1 aliphatic heterocycles. The number of hydrogen-bond acceptors (Lipinski definition) is 7. The zero-order chi connectivity index (χ0) is 25.8. The third-order valence-electron chi connectivity index (χ3n) is 6.10. The Morgan fingerprint density at radius 3 is 2.54 bits per heavy atom. The first-order valence-electron chi connectivity index (χ1n) is 11.4. The van der Waals surface area contributed by atoms with Gasteiger partial charge in [0, 0.05) is 32.2 Å². The van der Waals surface area contributed by atoms with Crippen LogP contribution in [0.15, 0.2) is 24.4 Å². The van der Waals surface area contributed by atoms with E-state index in [-0.39, 0.29) is 37.1 Å². The van der Waals surface area contributed by atoms with Crippen molar-refractivity contribution in [1.82, 2.24) is 15.3 Å². The fourth-order valence-electron chi connectivity index (χ4n) is 4.22. The van der Waals surface area contributed by atoms with Crippen LogP contribution in [-0.2, 0) is 4.79 Å². The Morgan fingerprint density at radius 1 is 1.26 bits per heavy atom. The molecule has 0 fully saturated rings. The van der Waals surface area contributed by atoms with Crippen LogP contribution < -0.4 is 25.2 Å². The second-order valence-electron chi connectivity index (χ2n) is 9.01. The van der Waals surface area contributed by atoms with E-state index in [4.69, 9.17) is 4.74 Å². The van der Waals surface area contributed by atoms with Crippen LogP contribution in [0.2, 0.25) is 0 Å².